The van der Waals surface area contributed by atoms with Crippen LogP contribution in [0.5, 0.6) is 11.5 Å². The van der Waals surface area contributed by atoms with Gasteiger partial charge in [0.25, 0.3) is 0 Å². The lowest BCUT2D eigenvalue weighted by Gasteiger charge is -2.31. The monoisotopic (exact) mass is 890 g/mol. The molecular weight excluding hydrogens is 829 g/mol. The summed E-state index contributed by atoms with van der Waals surface area (Å²) in [6, 6.07) is 63.6. The highest BCUT2D eigenvalue weighted by Gasteiger charge is 2.31. The molecule has 0 N–H and O–H groups in total. The summed E-state index contributed by atoms with van der Waals surface area (Å²) >= 11 is 0. The average molecular weight is 891 g/mol. The first kappa shape index (κ1) is 44.5. The van der Waals surface area contributed by atoms with Crippen molar-refractivity contribution in [1.29, 1.82) is 0 Å². The summed E-state index contributed by atoms with van der Waals surface area (Å²) < 4.78 is 9.32. The van der Waals surface area contributed by atoms with Crippen LogP contribution in [0.4, 0.5) is 11.4 Å². The van der Waals surface area contributed by atoms with Gasteiger partial charge in [0.2, 0.25) is 0 Å². The number of ether oxygens (including phenoxy) is 1. The molecule has 7 aromatic carbocycles. The van der Waals surface area contributed by atoms with Gasteiger partial charge in [-0.15, -0.1) is 0 Å². The third-order valence-electron chi connectivity index (χ3n) is 13.9. The maximum atomic E-state index is 7.04. The van der Waals surface area contributed by atoms with Crippen molar-refractivity contribution in [3.8, 4) is 28.4 Å². The van der Waals surface area contributed by atoms with E-state index >= 15 is 0 Å². The molecule has 68 heavy (non-hydrogen) atoms. The molecule has 0 radical (unpaired) electrons. The molecule has 0 unspecified atom stereocenters. The van der Waals surface area contributed by atoms with Crippen LogP contribution in [0, 0.1) is 0 Å². The molecule has 1 aliphatic rings. The van der Waals surface area contributed by atoms with Gasteiger partial charge in [0.15, 0.2) is 0 Å². The van der Waals surface area contributed by atoms with Crippen molar-refractivity contribution in [2.75, 3.05) is 16.5 Å². The average Bonchev–Trinajstić information content (AvgIpc) is 3.94. The number of hydrogen-bond donors (Lipinski definition) is 0. The molecule has 5 heteroatoms. The maximum absolute atomic E-state index is 7.04. The van der Waals surface area contributed by atoms with Gasteiger partial charge in [-0.1, -0.05) is 172 Å². The number of fused-ring (bicyclic) bond motifs is 3. The van der Waals surface area contributed by atoms with Crippen molar-refractivity contribution in [1.82, 2.24) is 9.55 Å². The van der Waals surface area contributed by atoms with Gasteiger partial charge in [-0.05, 0) is 111 Å². The predicted octanol–water partition coefficient (Wildman–Crippen LogP) is 16.8. The molecule has 0 amide bonds. The van der Waals surface area contributed by atoms with E-state index in [1.807, 2.05) is 6.20 Å². The summed E-state index contributed by atoms with van der Waals surface area (Å²) in [6.45, 7) is 21.3. The van der Waals surface area contributed by atoms with Crippen molar-refractivity contribution in [3.63, 3.8) is 0 Å². The molecule has 0 atom stereocenters. The molecule has 0 saturated carbocycles. The smallest absolute Gasteiger partial charge is 0.137 e. The zero-order chi connectivity index (χ0) is 47.3. The van der Waals surface area contributed by atoms with Crippen LogP contribution < -0.4 is 14.5 Å². The molecular formula is C63H62N4O. The number of rotatable bonds is 11. The number of para-hydroxylation sites is 1. The molecule has 3 heterocycles. The maximum Gasteiger partial charge on any atom is 0.137 e. The molecule has 5 nitrogen and oxygen atoms in total. The van der Waals surface area contributed by atoms with E-state index < -0.39 is 0 Å². The van der Waals surface area contributed by atoms with Crippen molar-refractivity contribution in [3.05, 3.63) is 222 Å². The number of pyridine rings is 1. The minimum atomic E-state index is -0.194. The topological polar surface area (TPSA) is 33.5 Å². The highest BCUT2D eigenvalue weighted by Crippen LogP contribution is 2.44. The molecule has 10 rings (SSSR count). The Labute approximate surface area is 403 Å². The number of hydrogen-bond acceptors (Lipinski definition) is 4. The van der Waals surface area contributed by atoms with E-state index in [0.717, 1.165) is 56.2 Å². The fourth-order valence-electron chi connectivity index (χ4n) is 10.0. The Kier molecular flexibility index (Phi) is 11.6. The number of aromatic nitrogens is 2. The molecule has 1 aliphatic heterocycles. The number of nitrogens with zero attached hydrogens (tertiary/aromatic N) is 4. The van der Waals surface area contributed by atoms with Crippen LogP contribution in [0.3, 0.4) is 0 Å². The van der Waals surface area contributed by atoms with Gasteiger partial charge in [0.05, 0.1) is 23.4 Å². The summed E-state index contributed by atoms with van der Waals surface area (Å²) in [5.41, 5.74) is 15.4. The molecule has 0 saturated heterocycles. The van der Waals surface area contributed by atoms with Gasteiger partial charge in [-0.25, -0.2) is 4.98 Å². The van der Waals surface area contributed by atoms with Crippen LogP contribution in [-0.4, -0.2) is 16.2 Å². The Morgan fingerprint density at radius 2 is 1.18 bits per heavy atom. The molecule has 0 bridgehead atoms. The second kappa shape index (κ2) is 17.7. The minimum absolute atomic E-state index is 0.0215. The van der Waals surface area contributed by atoms with Crippen LogP contribution in [-0.2, 0) is 10.8 Å². The quantitative estimate of drug-likeness (QED) is 0.130. The van der Waals surface area contributed by atoms with Gasteiger partial charge in [0.1, 0.15) is 17.3 Å². The highest BCUT2D eigenvalue weighted by molar-refractivity contribution is 6.09. The summed E-state index contributed by atoms with van der Waals surface area (Å²) in [6.07, 6.45) is 4.30. The zero-order valence-electron chi connectivity index (χ0n) is 41.0. The fourth-order valence-corrected chi connectivity index (χ4v) is 10.0. The summed E-state index contributed by atoms with van der Waals surface area (Å²) in [4.78, 5) is 9.85. The van der Waals surface area contributed by atoms with E-state index in [-0.39, 0.29) is 10.8 Å². The van der Waals surface area contributed by atoms with Crippen molar-refractivity contribution >= 4 is 38.9 Å². The summed E-state index contributed by atoms with van der Waals surface area (Å²) in [5, 5.41) is 2.34. The lowest BCUT2D eigenvalue weighted by Crippen LogP contribution is -2.27. The van der Waals surface area contributed by atoms with Crippen LogP contribution in [0.1, 0.15) is 108 Å². The van der Waals surface area contributed by atoms with Gasteiger partial charge < -0.3 is 14.5 Å². The lowest BCUT2D eigenvalue weighted by molar-refractivity contribution is 0.483. The van der Waals surface area contributed by atoms with Crippen molar-refractivity contribution in [2.24, 2.45) is 0 Å². The van der Waals surface area contributed by atoms with Crippen LogP contribution in [0.25, 0.3) is 44.4 Å². The molecule has 2 aromatic heterocycles. The first-order chi connectivity index (χ1) is 32.7. The zero-order valence-corrected chi connectivity index (χ0v) is 41.0. The largest absolute Gasteiger partial charge is 0.457 e. The molecule has 0 aliphatic carbocycles. The van der Waals surface area contributed by atoms with E-state index in [0.29, 0.717) is 18.5 Å². The van der Waals surface area contributed by atoms with Crippen LogP contribution >= 0.6 is 0 Å². The number of benzene rings is 7. The number of anilines is 2. The van der Waals surface area contributed by atoms with Crippen molar-refractivity contribution < 1.29 is 4.74 Å². The van der Waals surface area contributed by atoms with E-state index in [1.165, 1.54) is 44.5 Å². The first-order valence-electron chi connectivity index (χ1n) is 24.2. The molecule has 0 fully saturated rings. The summed E-state index contributed by atoms with van der Waals surface area (Å²) in [7, 11) is 0. The summed E-state index contributed by atoms with van der Waals surface area (Å²) in [5.74, 6) is 3.08. The Hall–Kier alpha value is -7.37. The molecule has 9 aromatic rings. The standard InChI is InChI=1S/C63H62N4O/c1-42(2)53-27-19-28-54(43(3)4)61(53)59-40-65(41-66(59)49-25-18-24-48(36-49)63(8,9)46-22-14-11-15-23-46)50-34-45(44-20-12-10-13-21-44)35-52(38-50)68-51-30-31-56-55-26-16-17-29-57(55)67(58(56)39-51)60-37-47(32-33-64-60)62(5,6)7/h10-40,42-43H,41H2,1-9H3. The van der Waals surface area contributed by atoms with Gasteiger partial charge in [-0.3, -0.25) is 4.57 Å². The third-order valence-corrected chi connectivity index (χ3v) is 13.9. The molecule has 340 valence electrons. The SMILES string of the molecule is CC(C)c1cccc(C(C)C)c1C1=CN(c2cc(Oc3ccc4c5ccccc5n(-c5cc(C(C)(C)C)ccn5)c4c3)cc(-c3ccccc3)c2)CN1c1cccc(C(C)(C)c2ccccc2)c1. The highest BCUT2D eigenvalue weighted by atomic mass is 16.5. The predicted molar refractivity (Wildman–Crippen MR) is 287 cm³/mol. The van der Waals surface area contributed by atoms with Crippen LogP contribution in [0.2, 0.25) is 0 Å². The Morgan fingerprint density at radius 3 is 1.90 bits per heavy atom. The Balaban J connectivity index is 1.11. The normalized spacial score (nSPS) is 13.3. The fraction of sp³-hybridized carbons (Fsp3) is 0.222. The third kappa shape index (κ3) is 8.36. The lowest BCUT2D eigenvalue weighted by atomic mass is 9.78. The van der Waals surface area contributed by atoms with E-state index in [4.69, 9.17) is 9.72 Å². The van der Waals surface area contributed by atoms with Gasteiger partial charge in [0, 0.05) is 57.7 Å². The van der Waals surface area contributed by atoms with E-state index in [1.54, 1.807) is 0 Å². The van der Waals surface area contributed by atoms with Gasteiger partial charge >= 0.3 is 0 Å². The second-order valence-electron chi connectivity index (χ2n) is 20.6. The van der Waals surface area contributed by atoms with E-state index in [2.05, 4.69) is 259 Å². The second-order valence-corrected chi connectivity index (χ2v) is 20.6. The Bertz CT molecular complexity index is 3290. The Morgan fingerprint density at radius 1 is 0.515 bits per heavy atom. The van der Waals surface area contributed by atoms with E-state index in [9.17, 15) is 0 Å². The van der Waals surface area contributed by atoms with Crippen LogP contribution in [0.15, 0.2) is 188 Å². The first-order valence-corrected chi connectivity index (χ1v) is 24.2. The minimum Gasteiger partial charge on any atom is -0.457 e. The van der Waals surface area contributed by atoms with Gasteiger partial charge in [-0.2, -0.15) is 0 Å². The van der Waals surface area contributed by atoms with Crippen molar-refractivity contribution in [2.45, 2.75) is 85.0 Å². The molecule has 0 spiro atoms.